The van der Waals surface area contributed by atoms with Crippen LogP contribution in [0, 0.1) is 6.92 Å². The van der Waals surface area contributed by atoms with E-state index >= 15 is 0 Å². The van der Waals surface area contributed by atoms with Gasteiger partial charge in [-0.2, -0.15) is 0 Å². The van der Waals surface area contributed by atoms with Crippen LogP contribution in [0.3, 0.4) is 0 Å². The van der Waals surface area contributed by atoms with Gasteiger partial charge in [0, 0.05) is 11.3 Å². The van der Waals surface area contributed by atoms with Crippen LogP contribution < -0.4 is 15.2 Å². The van der Waals surface area contributed by atoms with Crippen molar-refractivity contribution in [1.29, 1.82) is 0 Å². The number of methoxy groups -OCH3 is 2. The molecule has 0 radical (unpaired) electrons. The molecule has 0 saturated carbocycles. The highest BCUT2D eigenvalue weighted by molar-refractivity contribution is 6.00. The SMILES string of the molecule is COc1ccc(OC)c(-c2[nH]c(C)c(C(=O)O)c2N)c1. The van der Waals surface area contributed by atoms with Crippen molar-refractivity contribution in [3.8, 4) is 22.8 Å². The van der Waals surface area contributed by atoms with Crippen LogP contribution in [0.4, 0.5) is 5.69 Å². The van der Waals surface area contributed by atoms with E-state index < -0.39 is 5.97 Å². The van der Waals surface area contributed by atoms with Gasteiger partial charge < -0.3 is 25.3 Å². The summed E-state index contributed by atoms with van der Waals surface area (Å²) in [5.41, 5.74) is 7.86. The molecule has 0 saturated heterocycles. The highest BCUT2D eigenvalue weighted by Gasteiger charge is 2.21. The Morgan fingerprint density at radius 2 is 2.00 bits per heavy atom. The predicted molar refractivity (Wildman–Crippen MR) is 75.4 cm³/mol. The number of aryl methyl sites for hydroxylation is 1. The van der Waals surface area contributed by atoms with Crippen LogP contribution in [0.15, 0.2) is 18.2 Å². The van der Waals surface area contributed by atoms with Gasteiger partial charge in [-0.3, -0.25) is 0 Å². The number of H-pyrrole nitrogens is 1. The minimum atomic E-state index is -1.07. The molecule has 0 spiro atoms. The van der Waals surface area contributed by atoms with Crippen LogP contribution in [0.25, 0.3) is 11.3 Å². The fourth-order valence-corrected chi connectivity index (χ4v) is 2.14. The second kappa shape index (κ2) is 5.16. The first-order valence-corrected chi connectivity index (χ1v) is 5.93. The third-order valence-corrected chi connectivity index (χ3v) is 3.12. The number of carboxylic acids is 1. The fourth-order valence-electron chi connectivity index (χ4n) is 2.14. The van der Waals surface area contributed by atoms with Crippen molar-refractivity contribution in [3.63, 3.8) is 0 Å². The Morgan fingerprint density at radius 1 is 1.30 bits per heavy atom. The Hall–Kier alpha value is -2.63. The molecule has 2 rings (SSSR count). The average Bonchev–Trinajstić information content (AvgIpc) is 2.73. The lowest BCUT2D eigenvalue weighted by Gasteiger charge is -2.10. The minimum absolute atomic E-state index is 0.0740. The van der Waals surface area contributed by atoms with Crippen molar-refractivity contribution in [1.82, 2.24) is 4.98 Å². The molecule has 4 N–H and O–H groups in total. The summed E-state index contributed by atoms with van der Waals surface area (Å²) in [6.45, 7) is 1.66. The van der Waals surface area contributed by atoms with Crippen LogP contribution >= 0.6 is 0 Å². The first-order chi connectivity index (χ1) is 9.49. The number of carboxylic acid groups (broad SMARTS) is 1. The van der Waals surface area contributed by atoms with E-state index in [0.717, 1.165) is 0 Å². The zero-order valence-electron chi connectivity index (χ0n) is 11.5. The van der Waals surface area contributed by atoms with Crippen molar-refractivity contribution >= 4 is 11.7 Å². The van der Waals surface area contributed by atoms with Crippen molar-refractivity contribution in [2.24, 2.45) is 0 Å². The maximum absolute atomic E-state index is 11.2. The molecule has 0 bridgehead atoms. The molecule has 1 aromatic carbocycles. The van der Waals surface area contributed by atoms with Crippen molar-refractivity contribution in [2.45, 2.75) is 6.92 Å². The summed E-state index contributed by atoms with van der Waals surface area (Å²) in [6, 6.07) is 5.24. The van der Waals surface area contributed by atoms with E-state index in [-0.39, 0.29) is 11.3 Å². The fraction of sp³-hybridized carbons (Fsp3) is 0.214. The molecule has 0 amide bonds. The monoisotopic (exact) mass is 276 g/mol. The summed E-state index contributed by atoms with van der Waals surface area (Å²) in [4.78, 5) is 14.2. The molecule has 6 heteroatoms. The lowest BCUT2D eigenvalue weighted by molar-refractivity contribution is 0.0697. The number of nitrogens with one attached hydrogen (secondary N) is 1. The number of benzene rings is 1. The highest BCUT2D eigenvalue weighted by atomic mass is 16.5. The quantitative estimate of drug-likeness (QED) is 0.796. The number of nitrogen functional groups attached to an aromatic ring is 1. The second-order valence-corrected chi connectivity index (χ2v) is 4.29. The summed E-state index contributed by atoms with van der Waals surface area (Å²) >= 11 is 0. The first-order valence-electron chi connectivity index (χ1n) is 5.93. The maximum atomic E-state index is 11.2. The van der Waals surface area contributed by atoms with Gasteiger partial charge >= 0.3 is 5.97 Å². The Kier molecular flexibility index (Phi) is 3.56. The molecule has 1 heterocycles. The molecule has 1 aromatic heterocycles. The van der Waals surface area contributed by atoms with Crippen LogP contribution in [-0.4, -0.2) is 30.3 Å². The zero-order valence-corrected chi connectivity index (χ0v) is 11.5. The maximum Gasteiger partial charge on any atom is 0.339 e. The van der Waals surface area contributed by atoms with Gasteiger partial charge in [0.05, 0.1) is 25.6 Å². The van der Waals surface area contributed by atoms with E-state index in [1.165, 1.54) is 7.11 Å². The highest BCUT2D eigenvalue weighted by Crippen LogP contribution is 2.38. The number of hydrogen-bond donors (Lipinski definition) is 3. The van der Waals surface area contributed by atoms with Gasteiger partial charge in [-0.15, -0.1) is 0 Å². The summed E-state index contributed by atoms with van der Waals surface area (Å²) < 4.78 is 10.5. The van der Waals surface area contributed by atoms with Crippen LogP contribution in [0.1, 0.15) is 16.1 Å². The molecular formula is C14H16N2O4. The molecule has 0 unspecified atom stereocenters. The van der Waals surface area contributed by atoms with Gasteiger partial charge in [0.25, 0.3) is 0 Å². The normalized spacial score (nSPS) is 10.3. The Bertz CT molecular complexity index is 661. The number of aromatic nitrogens is 1. The topological polar surface area (TPSA) is 97.6 Å². The van der Waals surface area contributed by atoms with E-state index in [4.69, 9.17) is 15.2 Å². The summed E-state index contributed by atoms with van der Waals surface area (Å²) in [6.07, 6.45) is 0. The largest absolute Gasteiger partial charge is 0.497 e. The Labute approximate surface area is 116 Å². The predicted octanol–water partition coefficient (Wildman–Crippen LogP) is 2.29. The van der Waals surface area contributed by atoms with E-state index in [1.807, 2.05) is 0 Å². The molecule has 106 valence electrons. The van der Waals surface area contributed by atoms with E-state index in [9.17, 15) is 9.90 Å². The molecule has 2 aromatic rings. The van der Waals surface area contributed by atoms with Gasteiger partial charge in [-0.05, 0) is 25.1 Å². The molecule has 0 atom stereocenters. The van der Waals surface area contributed by atoms with Gasteiger partial charge in [-0.25, -0.2) is 4.79 Å². The van der Waals surface area contributed by atoms with Gasteiger partial charge in [-0.1, -0.05) is 0 Å². The number of nitrogens with two attached hydrogens (primary N) is 1. The van der Waals surface area contributed by atoms with Crippen LogP contribution in [-0.2, 0) is 0 Å². The minimum Gasteiger partial charge on any atom is -0.497 e. The molecule has 0 aliphatic heterocycles. The number of rotatable bonds is 4. The first kappa shape index (κ1) is 13.8. The third kappa shape index (κ3) is 2.16. The van der Waals surface area contributed by atoms with E-state index in [2.05, 4.69) is 4.98 Å². The number of aromatic amines is 1. The van der Waals surface area contributed by atoms with Gasteiger partial charge in [0.1, 0.15) is 17.1 Å². The number of anilines is 1. The third-order valence-electron chi connectivity index (χ3n) is 3.12. The summed E-state index contributed by atoms with van der Waals surface area (Å²) in [5.74, 6) is 0.143. The lowest BCUT2D eigenvalue weighted by atomic mass is 10.1. The number of ether oxygens (including phenoxy) is 2. The summed E-state index contributed by atoms with van der Waals surface area (Å²) in [7, 11) is 3.09. The standard InChI is InChI=1S/C14H16N2O4/c1-7-11(14(17)18)12(15)13(16-7)9-6-8(19-2)4-5-10(9)20-3/h4-6,16H,15H2,1-3H3,(H,17,18). The number of aromatic carboxylic acids is 1. The number of carbonyl (C=O) groups is 1. The summed E-state index contributed by atoms with van der Waals surface area (Å²) in [5, 5.41) is 9.18. The molecule has 20 heavy (non-hydrogen) atoms. The molecule has 0 fully saturated rings. The van der Waals surface area contributed by atoms with E-state index in [1.54, 1.807) is 32.2 Å². The Balaban J connectivity index is 2.68. The van der Waals surface area contributed by atoms with Crippen molar-refractivity contribution in [2.75, 3.05) is 20.0 Å². The van der Waals surface area contributed by atoms with Crippen molar-refractivity contribution in [3.05, 3.63) is 29.5 Å². The molecule has 6 nitrogen and oxygen atoms in total. The smallest absolute Gasteiger partial charge is 0.339 e. The molecule has 0 aliphatic rings. The van der Waals surface area contributed by atoms with Crippen LogP contribution in [0.2, 0.25) is 0 Å². The average molecular weight is 276 g/mol. The molecular weight excluding hydrogens is 260 g/mol. The second-order valence-electron chi connectivity index (χ2n) is 4.29. The van der Waals surface area contributed by atoms with Crippen molar-refractivity contribution < 1.29 is 19.4 Å². The van der Waals surface area contributed by atoms with Gasteiger partial charge in [0.2, 0.25) is 0 Å². The Morgan fingerprint density at radius 3 is 2.50 bits per heavy atom. The number of hydrogen-bond acceptors (Lipinski definition) is 4. The molecule has 0 aliphatic carbocycles. The lowest BCUT2D eigenvalue weighted by Crippen LogP contribution is -2.01. The zero-order chi connectivity index (χ0) is 14.9. The van der Waals surface area contributed by atoms with Crippen LogP contribution in [0.5, 0.6) is 11.5 Å². The van der Waals surface area contributed by atoms with Gasteiger partial charge in [0.15, 0.2) is 0 Å². The van der Waals surface area contributed by atoms with E-state index in [0.29, 0.717) is 28.5 Å².